The van der Waals surface area contributed by atoms with Gasteiger partial charge in [0, 0.05) is 24.8 Å². The number of hydrogen-bond donors (Lipinski definition) is 2. The molecule has 5 heteroatoms. The van der Waals surface area contributed by atoms with Gasteiger partial charge in [-0.25, -0.2) is 0 Å². The third-order valence-corrected chi connectivity index (χ3v) is 4.44. The molecular weight excluding hydrogens is 282 g/mol. The van der Waals surface area contributed by atoms with Crippen LogP contribution >= 0.6 is 0 Å². The lowest BCUT2D eigenvalue weighted by Crippen LogP contribution is -2.30. The number of carboxylic acids is 1. The molecule has 2 unspecified atom stereocenters. The van der Waals surface area contributed by atoms with Crippen LogP contribution in [0.25, 0.3) is 0 Å². The largest absolute Gasteiger partial charge is 0.481 e. The number of carbonyl (C=O) groups is 2. The van der Waals surface area contributed by atoms with E-state index in [0.717, 1.165) is 31.6 Å². The maximum atomic E-state index is 12.3. The molecule has 1 aliphatic rings. The summed E-state index contributed by atoms with van der Waals surface area (Å²) >= 11 is 0. The Bertz CT molecular complexity index is 520. The van der Waals surface area contributed by atoms with Gasteiger partial charge in [-0.15, -0.1) is 0 Å². The van der Waals surface area contributed by atoms with E-state index in [2.05, 4.69) is 5.32 Å². The van der Waals surface area contributed by atoms with Gasteiger partial charge in [-0.3, -0.25) is 9.59 Å². The number of carbonyl (C=O) groups excluding carboxylic acids is 1. The maximum absolute atomic E-state index is 12.3. The van der Waals surface area contributed by atoms with Crippen LogP contribution < -0.4 is 5.32 Å². The first-order valence-electron chi connectivity index (χ1n) is 7.70. The number of anilines is 1. The number of rotatable bonds is 5. The second-order valence-corrected chi connectivity index (χ2v) is 5.91. The van der Waals surface area contributed by atoms with E-state index in [1.54, 1.807) is 31.2 Å². The van der Waals surface area contributed by atoms with Crippen molar-refractivity contribution in [1.29, 1.82) is 0 Å². The Balaban J connectivity index is 1.95. The van der Waals surface area contributed by atoms with Gasteiger partial charge in [0.2, 0.25) is 5.91 Å². The van der Waals surface area contributed by atoms with Crippen molar-refractivity contribution in [2.24, 2.45) is 11.8 Å². The van der Waals surface area contributed by atoms with E-state index in [1.165, 1.54) is 0 Å². The number of ether oxygens (including phenoxy) is 1. The van der Waals surface area contributed by atoms with E-state index in [0.29, 0.717) is 11.6 Å². The fourth-order valence-electron chi connectivity index (χ4n) is 2.68. The fourth-order valence-corrected chi connectivity index (χ4v) is 2.68. The second kappa shape index (κ2) is 7.40. The van der Waals surface area contributed by atoms with Crippen molar-refractivity contribution < 1.29 is 19.4 Å². The van der Waals surface area contributed by atoms with Gasteiger partial charge >= 0.3 is 5.97 Å². The molecule has 1 aromatic carbocycles. The quantitative estimate of drug-likeness (QED) is 0.877. The van der Waals surface area contributed by atoms with Gasteiger partial charge in [-0.1, -0.05) is 19.1 Å². The molecule has 0 radical (unpaired) electrons. The summed E-state index contributed by atoms with van der Waals surface area (Å²) in [7, 11) is 0. The molecule has 1 heterocycles. The minimum Gasteiger partial charge on any atom is -0.481 e. The second-order valence-electron chi connectivity index (χ2n) is 5.91. The summed E-state index contributed by atoms with van der Waals surface area (Å²) < 4.78 is 5.32. The highest BCUT2D eigenvalue weighted by molar-refractivity contribution is 5.92. The molecule has 5 nitrogen and oxygen atoms in total. The number of amides is 1. The highest BCUT2D eigenvalue weighted by Crippen LogP contribution is 2.25. The molecule has 0 bridgehead atoms. The van der Waals surface area contributed by atoms with Gasteiger partial charge in [0.15, 0.2) is 0 Å². The molecule has 0 aliphatic carbocycles. The van der Waals surface area contributed by atoms with Crippen molar-refractivity contribution in [3.05, 3.63) is 29.8 Å². The van der Waals surface area contributed by atoms with Gasteiger partial charge in [0.05, 0.1) is 5.92 Å². The topological polar surface area (TPSA) is 75.6 Å². The number of aliphatic carboxylic acids is 1. The van der Waals surface area contributed by atoms with Crippen LogP contribution in [0.3, 0.4) is 0 Å². The maximum Gasteiger partial charge on any atom is 0.310 e. The minimum absolute atomic E-state index is 0.00549. The zero-order valence-electron chi connectivity index (χ0n) is 13.0. The van der Waals surface area contributed by atoms with Crippen LogP contribution in [0.15, 0.2) is 24.3 Å². The molecule has 1 saturated heterocycles. The highest BCUT2D eigenvalue weighted by atomic mass is 16.5. The van der Waals surface area contributed by atoms with Crippen LogP contribution in [-0.4, -0.2) is 30.2 Å². The van der Waals surface area contributed by atoms with E-state index in [4.69, 9.17) is 9.84 Å². The Morgan fingerprint density at radius 1 is 1.18 bits per heavy atom. The molecule has 2 N–H and O–H groups in total. The summed E-state index contributed by atoms with van der Waals surface area (Å²) in [6, 6.07) is 6.99. The third kappa shape index (κ3) is 4.07. The lowest BCUT2D eigenvalue weighted by molar-refractivity contribution is -0.138. The van der Waals surface area contributed by atoms with Gasteiger partial charge in [-0.05, 0) is 43.4 Å². The summed E-state index contributed by atoms with van der Waals surface area (Å²) in [4.78, 5) is 23.2. The van der Waals surface area contributed by atoms with Gasteiger partial charge in [-0.2, -0.15) is 0 Å². The van der Waals surface area contributed by atoms with Crippen LogP contribution in [-0.2, 0) is 14.3 Å². The Morgan fingerprint density at radius 2 is 1.77 bits per heavy atom. The van der Waals surface area contributed by atoms with E-state index >= 15 is 0 Å². The molecule has 1 fully saturated rings. The first-order chi connectivity index (χ1) is 10.5. The SMILES string of the molecule is CC(C(=O)O)c1ccc(NC(=O)C(C)C2CCOCC2)cc1. The molecule has 1 amide bonds. The van der Waals surface area contributed by atoms with Crippen molar-refractivity contribution in [3.8, 4) is 0 Å². The molecule has 2 atom stereocenters. The number of nitrogens with one attached hydrogen (secondary N) is 1. The summed E-state index contributed by atoms with van der Waals surface area (Å²) in [6.45, 7) is 5.05. The van der Waals surface area contributed by atoms with E-state index in [-0.39, 0.29) is 11.8 Å². The summed E-state index contributed by atoms with van der Waals surface area (Å²) in [5, 5.41) is 11.9. The Morgan fingerprint density at radius 3 is 2.32 bits per heavy atom. The van der Waals surface area contributed by atoms with Gasteiger partial charge in [0.1, 0.15) is 0 Å². The number of hydrogen-bond acceptors (Lipinski definition) is 3. The molecule has 120 valence electrons. The first-order valence-corrected chi connectivity index (χ1v) is 7.70. The number of carboxylic acid groups (broad SMARTS) is 1. The van der Waals surface area contributed by atoms with Crippen molar-refractivity contribution in [3.63, 3.8) is 0 Å². The monoisotopic (exact) mass is 305 g/mol. The third-order valence-electron chi connectivity index (χ3n) is 4.44. The minimum atomic E-state index is -0.857. The van der Waals surface area contributed by atoms with Crippen LogP contribution in [0.4, 0.5) is 5.69 Å². The molecule has 0 spiro atoms. The van der Waals surface area contributed by atoms with E-state index < -0.39 is 11.9 Å². The van der Waals surface area contributed by atoms with Crippen molar-refractivity contribution in [2.45, 2.75) is 32.6 Å². The molecular formula is C17H23NO4. The van der Waals surface area contributed by atoms with Crippen LogP contribution in [0, 0.1) is 11.8 Å². The zero-order valence-corrected chi connectivity index (χ0v) is 13.0. The molecule has 1 aromatic rings. The van der Waals surface area contributed by atoms with Gasteiger partial charge < -0.3 is 15.2 Å². The summed E-state index contributed by atoms with van der Waals surface area (Å²) in [5.74, 6) is -1.09. The average Bonchev–Trinajstić information content (AvgIpc) is 2.54. The molecule has 0 aromatic heterocycles. The normalized spacial score (nSPS) is 18.5. The van der Waals surface area contributed by atoms with Crippen LogP contribution in [0.5, 0.6) is 0 Å². The van der Waals surface area contributed by atoms with E-state index in [1.807, 2.05) is 6.92 Å². The zero-order chi connectivity index (χ0) is 16.1. The van der Waals surface area contributed by atoms with Gasteiger partial charge in [0.25, 0.3) is 0 Å². The summed E-state index contributed by atoms with van der Waals surface area (Å²) in [6.07, 6.45) is 1.84. The highest BCUT2D eigenvalue weighted by Gasteiger charge is 2.26. The Labute approximate surface area is 130 Å². The summed E-state index contributed by atoms with van der Waals surface area (Å²) in [5.41, 5.74) is 1.42. The van der Waals surface area contributed by atoms with E-state index in [9.17, 15) is 9.59 Å². The first kappa shape index (κ1) is 16.5. The lowest BCUT2D eigenvalue weighted by Gasteiger charge is -2.27. The smallest absolute Gasteiger partial charge is 0.310 e. The molecule has 2 rings (SSSR count). The fraction of sp³-hybridized carbons (Fsp3) is 0.529. The van der Waals surface area contributed by atoms with Crippen LogP contribution in [0.1, 0.15) is 38.2 Å². The predicted octanol–water partition coefficient (Wildman–Crippen LogP) is 2.88. The predicted molar refractivity (Wildman–Crippen MR) is 83.8 cm³/mol. The Kier molecular flexibility index (Phi) is 5.55. The Hall–Kier alpha value is -1.88. The average molecular weight is 305 g/mol. The van der Waals surface area contributed by atoms with Crippen molar-refractivity contribution in [2.75, 3.05) is 18.5 Å². The standard InChI is InChI=1S/C17H23NO4/c1-11(14-7-9-22-10-8-14)16(19)18-15-5-3-13(4-6-15)12(2)17(20)21/h3-6,11-12,14H,7-10H2,1-2H3,(H,18,19)(H,20,21). The molecule has 22 heavy (non-hydrogen) atoms. The van der Waals surface area contributed by atoms with Crippen molar-refractivity contribution in [1.82, 2.24) is 0 Å². The molecule has 0 saturated carbocycles. The molecule has 1 aliphatic heterocycles. The lowest BCUT2D eigenvalue weighted by atomic mass is 9.86. The number of benzene rings is 1. The van der Waals surface area contributed by atoms with Crippen molar-refractivity contribution >= 4 is 17.6 Å². The van der Waals surface area contributed by atoms with Crippen LogP contribution in [0.2, 0.25) is 0 Å².